The van der Waals surface area contributed by atoms with Gasteiger partial charge < -0.3 is 0 Å². The van der Waals surface area contributed by atoms with Crippen LogP contribution in [0.4, 0.5) is 0 Å². The van der Waals surface area contributed by atoms with E-state index in [1.54, 1.807) is 18.2 Å². The van der Waals surface area contributed by atoms with Gasteiger partial charge in [0.25, 0.3) is 0 Å². The van der Waals surface area contributed by atoms with Crippen molar-refractivity contribution >= 4 is 5.78 Å². The predicted molar refractivity (Wildman–Crippen MR) is 70.4 cm³/mol. The van der Waals surface area contributed by atoms with Crippen molar-refractivity contribution in [3.63, 3.8) is 0 Å². The van der Waals surface area contributed by atoms with E-state index in [0.717, 1.165) is 12.0 Å². The molecule has 0 heterocycles. The molecule has 2 rings (SSSR count). The number of ketones is 1. The fourth-order valence-electron chi connectivity index (χ4n) is 1.84. The molecule has 2 aromatic carbocycles. The number of hydrogen-bond donors (Lipinski definition) is 0. The molecule has 0 radical (unpaired) electrons. The molecule has 0 unspecified atom stereocenters. The van der Waals surface area contributed by atoms with Gasteiger partial charge in [0.05, 0.1) is 11.6 Å². The Balaban J connectivity index is 2.50. The monoisotopic (exact) mass is 235 g/mol. The molecule has 0 aliphatic carbocycles. The van der Waals surface area contributed by atoms with E-state index in [1.165, 1.54) is 0 Å². The maximum atomic E-state index is 12.3. The molecule has 0 saturated heterocycles. The molecule has 18 heavy (non-hydrogen) atoms. The van der Waals surface area contributed by atoms with Gasteiger partial charge in [0.2, 0.25) is 0 Å². The van der Waals surface area contributed by atoms with Crippen molar-refractivity contribution < 1.29 is 4.79 Å². The molecule has 88 valence electrons. The van der Waals surface area contributed by atoms with Gasteiger partial charge in [0.1, 0.15) is 0 Å². The molecule has 0 aliphatic rings. The topological polar surface area (TPSA) is 40.9 Å². The van der Waals surface area contributed by atoms with Crippen LogP contribution in [-0.4, -0.2) is 5.78 Å². The number of aryl methyl sites for hydroxylation is 1. The van der Waals surface area contributed by atoms with Gasteiger partial charge in [-0.05, 0) is 24.1 Å². The number of carbonyl (C=O) groups excluding carboxylic acids is 1. The van der Waals surface area contributed by atoms with Crippen LogP contribution in [0.2, 0.25) is 0 Å². The highest BCUT2D eigenvalue weighted by atomic mass is 16.1. The van der Waals surface area contributed by atoms with E-state index in [0.29, 0.717) is 16.7 Å². The summed E-state index contributed by atoms with van der Waals surface area (Å²) in [4.78, 5) is 12.3. The number of benzene rings is 2. The molecule has 2 heteroatoms. The maximum absolute atomic E-state index is 12.3. The summed E-state index contributed by atoms with van der Waals surface area (Å²) in [5, 5.41) is 9.08. The van der Waals surface area contributed by atoms with Crippen molar-refractivity contribution in [1.82, 2.24) is 0 Å². The summed E-state index contributed by atoms with van der Waals surface area (Å²) >= 11 is 0. The molecule has 2 aromatic rings. The number of nitrogens with zero attached hydrogens (tertiary/aromatic N) is 1. The van der Waals surface area contributed by atoms with Gasteiger partial charge in [0, 0.05) is 11.1 Å². The van der Waals surface area contributed by atoms with Crippen LogP contribution >= 0.6 is 0 Å². The van der Waals surface area contributed by atoms with Gasteiger partial charge in [-0.25, -0.2) is 0 Å². The van der Waals surface area contributed by atoms with E-state index < -0.39 is 0 Å². The van der Waals surface area contributed by atoms with Crippen molar-refractivity contribution in [2.24, 2.45) is 0 Å². The second kappa shape index (κ2) is 5.29. The summed E-state index contributed by atoms with van der Waals surface area (Å²) in [6.45, 7) is 2.03. The number of nitriles is 1. The summed E-state index contributed by atoms with van der Waals surface area (Å²) in [7, 11) is 0. The Morgan fingerprint density at radius 2 is 1.89 bits per heavy atom. The van der Waals surface area contributed by atoms with Gasteiger partial charge in [0.15, 0.2) is 5.78 Å². The quantitative estimate of drug-likeness (QED) is 0.765. The Morgan fingerprint density at radius 1 is 1.17 bits per heavy atom. The van der Waals surface area contributed by atoms with E-state index in [-0.39, 0.29) is 5.78 Å². The van der Waals surface area contributed by atoms with Crippen LogP contribution in [0, 0.1) is 11.3 Å². The standard InChI is InChI=1S/C16H13NO/c1-2-12-8-9-14(11-17)15(10-12)16(18)13-6-4-3-5-7-13/h3-10H,2H2,1H3. The van der Waals surface area contributed by atoms with E-state index in [4.69, 9.17) is 5.26 Å². The van der Waals surface area contributed by atoms with Crippen LogP contribution in [0.15, 0.2) is 48.5 Å². The largest absolute Gasteiger partial charge is 0.289 e. The highest BCUT2D eigenvalue weighted by Crippen LogP contribution is 2.16. The zero-order valence-electron chi connectivity index (χ0n) is 10.2. The van der Waals surface area contributed by atoms with Crippen LogP contribution in [0.5, 0.6) is 0 Å². The molecule has 0 atom stereocenters. The molecule has 0 fully saturated rings. The minimum absolute atomic E-state index is 0.0950. The van der Waals surface area contributed by atoms with E-state index in [9.17, 15) is 4.79 Å². The SMILES string of the molecule is CCc1ccc(C#N)c(C(=O)c2ccccc2)c1. The van der Waals surface area contributed by atoms with E-state index >= 15 is 0 Å². The molecule has 0 N–H and O–H groups in total. The minimum Gasteiger partial charge on any atom is -0.289 e. The third-order valence-corrected chi connectivity index (χ3v) is 2.89. The summed E-state index contributed by atoms with van der Waals surface area (Å²) in [6.07, 6.45) is 0.848. The molecule has 0 spiro atoms. The second-order valence-corrected chi connectivity index (χ2v) is 4.04. The van der Waals surface area contributed by atoms with Crippen molar-refractivity contribution in [1.29, 1.82) is 5.26 Å². The van der Waals surface area contributed by atoms with Gasteiger partial charge in [-0.15, -0.1) is 0 Å². The first kappa shape index (κ1) is 12.1. The van der Waals surface area contributed by atoms with Crippen LogP contribution < -0.4 is 0 Å². The summed E-state index contributed by atoms with van der Waals surface area (Å²) < 4.78 is 0. The fourth-order valence-corrected chi connectivity index (χ4v) is 1.84. The Hall–Kier alpha value is -2.40. The van der Waals surface area contributed by atoms with Gasteiger partial charge in [-0.1, -0.05) is 43.3 Å². The Morgan fingerprint density at radius 3 is 2.50 bits per heavy atom. The summed E-state index contributed by atoms with van der Waals surface area (Å²) in [6, 6.07) is 16.5. The lowest BCUT2D eigenvalue weighted by molar-refractivity contribution is 0.103. The maximum Gasteiger partial charge on any atom is 0.194 e. The van der Waals surface area contributed by atoms with Crippen LogP contribution in [-0.2, 0) is 6.42 Å². The fraction of sp³-hybridized carbons (Fsp3) is 0.125. The van der Waals surface area contributed by atoms with Crippen molar-refractivity contribution in [3.8, 4) is 6.07 Å². The molecule has 0 aliphatic heterocycles. The lowest BCUT2D eigenvalue weighted by Crippen LogP contribution is -2.04. The molecule has 0 amide bonds. The van der Waals surface area contributed by atoms with Crippen molar-refractivity contribution in [2.45, 2.75) is 13.3 Å². The lowest BCUT2D eigenvalue weighted by atomic mass is 9.96. The number of carbonyl (C=O) groups is 1. The first-order valence-electron chi connectivity index (χ1n) is 5.89. The average Bonchev–Trinajstić information content (AvgIpc) is 2.46. The smallest absolute Gasteiger partial charge is 0.194 e. The number of hydrogen-bond acceptors (Lipinski definition) is 2. The summed E-state index contributed by atoms with van der Waals surface area (Å²) in [5.41, 5.74) is 2.60. The molecular formula is C16H13NO. The van der Waals surface area contributed by atoms with Gasteiger partial charge in [-0.3, -0.25) is 4.79 Å². The molecule has 0 bridgehead atoms. The first-order chi connectivity index (χ1) is 8.76. The molecular weight excluding hydrogens is 222 g/mol. The normalized spacial score (nSPS) is 9.78. The van der Waals surface area contributed by atoms with E-state index in [2.05, 4.69) is 6.07 Å². The van der Waals surface area contributed by atoms with E-state index in [1.807, 2.05) is 37.3 Å². The van der Waals surface area contributed by atoms with Crippen molar-refractivity contribution in [3.05, 3.63) is 70.8 Å². The lowest BCUT2D eigenvalue weighted by Gasteiger charge is -2.05. The molecule has 0 saturated carbocycles. The Labute approximate surface area is 107 Å². The number of rotatable bonds is 3. The third kappa shape index (κ3) is 2.31. The zero-order chi connectivity index (χ0) is 13.0. The third-order valence-electron chi connectivity index (χ3n) is 2.89. The molecule has 2 nitrogen and oxygen atoms in total. The predicted octanol–water partition coefficient (Wildman–Crippen LogP) is 3.35. The zero-order valence-corrected chi connectivity index (χ0v) is 10.2. The Bertz CT molecular complexity index is 609. The summed E-state index contributed by atoms with van der Waals surface area (Å²) in [5.74, 6) is -0.0950. The minimum atomic E-state index is -0.0950. The van der Waals surface area contributed by atoms with Gasteiger partial charge >= 0.3 is 0 Å². The highest BCUT2D eigenvalue weighted by molar-refractivity contribution is 6.10. The van der Waals surface area contributed by atoms with Crippen LogP contribution in [0.25, 0.3) is 0 Å². The van der Waals surface area contributed by atoms with Crippen LogP contribution in [0.1, 0.15) is 34.0 Å². The van der Waals surface area contributed by atoms with Crippen molar-refractivity contribution in [2.75, 3.05) is 0 Å². The first-order valence-corrected chi connectivity index (χ1v) is 5.89. The Kier molecular flexibility index (Phi) is 3.54. The average molecular weight is 235 g/mol. The molecule has 0 aromatic heterocycles. The van der Waals surface area contributed by atoms with Crippen LogP contribution in [0.3, 0.4) is 0 Å². The van der Waals surface area contributed by atoms with Gasteiger partial charge in [-0.2, -0.15) is 5.26 Å². The second-order valence-electron chi connectivity index (χ2n) is 4.04. The highest BCUT2D eigenvalue weighted by Gasteiger charge is 2.13.